The van der Waals surface area contributed by atoms with E-state index in [-0.39, 0.29) is 16.9 Å². The minimum atomic E-state index is -0.385. The normalized spacial score (nSPS) is 10.6. The van der Waals surface area contributed by atoms with Gasteiger partial charge in [-0.05, 0) is 44.0 Å². The number of carbonyl (C=O) groups is 1. The second-order valence-electron chi connectivity index (χ2n) is 6.46. The number of carbonyl (C=O) groups excluding carboxylic acids is 1. The number of amides is 1. The van der Waals surface area contributed by atoms with Gasteiger partial charge >= 0.3 is 0 Å². The molecule has 1 N–H and O–H groups in total. The average molecular weight is 425 g/mol. The molecule has 0 aliphatic carbocycles. The van der Waals surface area contributed by atoms with Crippen molar-refractivity contribution in [2.45, 2.75) is 26.8 Å². The first kappa shape index (κ1) is 19.1. The third kappa shape index (κ3) is 4.55. The fourth-order valence-corrected chi connectivity index (χ4v) is 3.58. The van der Waals surface area contributed by atoms with Gasteiger partial charge in [-0.3, -0.25) is 9.59 Å². The van der Waals surface area contributed by atoms with Crippen molar-refractivity contribution in [3.8, 4) is 0 Å². The van der Waals surface area contributed by atoms with Crippen LogP contribution in [0.2, 0.25) is 0 Å². The van der Waals surface area contributed by atoms with E-state index >= 15 is 0 Å². The van der Waals surface area contributed by atoms with Gasteiger partial charge in [0.15, 0.2) is 5.43 Å². The minimum Gasteiger partial charge on any atom is -0.348 e. The summed E-state index contributed by atoms with van der Waals surface area (Å²) >= 11 is 3.38. The molecule has 0 fully saturated rings. The van der Waals surface area contributed by atoms with E-state index in [1.165, 1.54) is 11.6 Å². The van der Waals surface area contributed by atoms with E-state index in [0.29, 0.717) is 17.9 Å². The summed E-state index contributed by atoms with van der Waals surface area (Å²) in [7, 11) is 0. The van der Waals surface area contributed by atoms with Crippen LogP contribution in [-0.2, 0) is 13.0 Å². The molecule has 0 saturated carbocycles. The van der Waals surface area contributed by atoms with E-state index in [0.717, 1.165) is 16.6 Å². The first-order valence-corrected chi connectivity index (χ1v) is 9.57. The van der Waals surface area contributed by atoms with Crippen LogP contribution in [0.15, 0.2) is 69.9 Å². The summed E-state index contributed by atoms with van der Waals surface area (Å²) in [4.78, 5) is 25.3. The number of nitrogens with one attached hydrogen (secondary N) is 1. The van der Waals surface area contributed by atoms with Crippen molar-refractivity contribution in [2.24, 2.45) is 0 Å². The van der Waals surface area contributed by atoms with Gasteiger partial charge in [-0.15, -0.1) is 0 Å². The molecule has 0 radical (unpaired) electrons. The number of rotatable bonds is 5. The SMILES string of the molecule is Cc1cc(=O)c(C(=O)Nc2cccc(Br)c2)c(C)n1CCc1ccccc1. The second-order valence-corrected chi connectivity index (χ2v) is 7.38. The number of halogens is 1. The number of pyridine rings is 1. The van der Waals surface area contributed by atoms with Gasteiger partial charge in [0.05, 0.1) is 0 Å². The second kappa shape index (κ2) is 8.35. The molecule has 1 aromatic heterocycles. The van der Waals surface area contributed by atoms with Gasteiger partial charge in [-0.1, -0.05) is 52.3 Å². The summed E-state index contributed by atoms with van der Waals surface area (Å²) in [6.07, 6.45) is 0.831. The number of nitrogens with zero attached hydrogens (tertiary/aromatic N) is 1. The molecule has 0 saturated heterocycles. The van der Waals surface area contributed by atoms with Crippen LogP contribution in [0, 0.1) is 13.8 Å². The van der Waals surface area contributed by atoms with Gasteiger partial charge in [-0.2, -0.15) is 0 Å². The predicted octanol–water partition coefficient (Wildman–Crippen LogP) is 4.72. The highest BCUT2D eigenvalue weighted by Gasteiger charge is 2.17. The van der Waals surface area contributed by atoms with Gasteiger partial charge in [0.2, 0.25) is 0 Å². The zero-order valence-corrected chi connectivity index (χ0v) is 16.9. The Kier molecular flexibility index (Phi) is 5.91. The Morgan fingerprint density at radius 2 is 1.78 bits per heavy atom. The van der Waals surface area contributed by atoms with Crippen LogP contribution in [0.5, 0.6) is 0 Å². The van der Waals surface area contributed by atoms with Crippen molar-refractivity contribution >= 4 is 27.5 Å². The molecular formula is C22H21BrN2O2. The lowest BCUT2D eigenvalue weighted by Gasteiger charge is -2.17. The first-order valence-electron chi connectivity index (χ1n) is 8.77. The molecule has 27 heavy (non-hydrogen) atoms. The summed E-state index contributed by atoms with van der Waals surface area (Å²) < 4.78 is 2.89. The van der Waals surface area contributed by atoms with Gasteiger partial charge < -0.3 is 9.88 Å². The fourth-order valence-electron chi connectivity index (χ4n) is 3.18. The standard InChI is InChI=1S/C22H21BrN2O2/c1-15-13-20(26)21(22(27)24-19-10-6-9-18(23)14-19)16(2)25(15)12-11-17-7-4-3-5-8-17/h3-10,13-14H,11-12H2,1-2H3,(H,24,27). The number of hydrogen-bond donors (Lipinski definition) is 1. The average Bonchev–Trinajstić information content (AvgIpc) is 2.62. The van der Waals surface area contributed by atoms with Crippen molar-refractivity contribution < 1.29 is 4.79 Å². The third-order valence-corrected chi connectivity index (χ3v) is 5.05. The van der Waals surface area contributed by atoms with Crippen LogP contribution in [0.1, 0.15) is 27.3 Å². The molecular weight excluding hydrogens is 404 g/mol. The molecule has 3 rings (SSSR count). The Balaban J connectivity index is 1.89. The largest absolute Gasteiger partial charge is 0.348 e. The van der Waals surface area contributed by atoms with Gasteiger partial charge in [0, 0.05) is 34.2 Å². The maximum absolute atomic E-state index is 12.8. The summed E-state index contributed by atoms with van der Waals surface area (Å²) in [6, 6.07) is 19.0. The van der Waals surface area contributed by atoms with E-state index in [9.17, 15) is 9.59 Å². The molecule has 0 aliphatic rings. The van der Waals surface area contributed by atoms with Crippen molar-refractivity contribution in [3.63, 3.8) is 0 Å². The zero-order chi connectivity index (χ0) is 19.4. The van der Waals surface area contributed by atoms with E-state index in [1.807, 2.05) is 48.7 Å². The Labute approximate surface area is 167 Å². The van der Waals surface area contributed by atoms with Gasteiger partial charge in [0.1, 0.15) is 5.56 Å². The fraction of sp³-hybridized carbons (Fsp3) is 0.182. The molecule has 0 aliphatic heterocycles. The summed E-state index contributed by atoms with van der Waals surface area (Å²) in [5, 5.41) is 2.82. The number of anilines is 1. The molecule has 2 aromatic carbocycles. The van der Waals surface area contributed by atoms with Crippen LogP contribution in [-0.4, -0.2) is 10.5 Å². The van der Waals surface area contributed by atoms with Crippen molar-refractivity contribution in [2.75, 3.05) is 5.32 Å². The number of aryl methyl sites for hydroxylation is 2. The molecule has 0 atom stereocenters. The lowest BCUT2D eigenvalue weighted by molar-refractivity contribution is 0.102. The Morgan fingerprint density at radius 3 is 2.48 bits per heavy atom. The molecule has 1 heterocycles. The summed E-state index contributed by atoms with van der Waals surface area (Å²) in [5.41, 5.74) is 3.33. The molecule has 3 aromatic rings. The molecule has 138 valence electrons. The predicted molar refractivity (Wildman–Crippen MR) is 112 cm³/mol. The Morgan fingerprint density at radius 1 is 1.04 bits per heavy atom. The van der Waals surface area contributed by atoms with Crippen LogP contribution < -0.4 is 10.7 Å². The lowest BCUT2D eigenvalue weighted by Crippen LogP contribution is -2.27. The van der Waals surface area contributed by atoms with Crippen LogP contribution in [0.4, 0.5) is 5.69 Å². The third-order valence-electron chi connectivity index (χ3n) is 4.56. The van der Waals surface area contributed by atoms with Crippen LogP contribution in [0.25, 0.3) is 0 Å². The number of benzene rings is 2. The van der Waals surface area contributed by atoms with Crippen molar-refractivity contribution in [1.82, 2.24) is 4.57 Å². The van der Waals surface area contributed by atoms with Crippen molar-refractivity contribution in [1.29, 1.82) is 0 Å². The Bertz CT molecular complexity index is 1030. The quantitative estimate of drug-likeness (QED) is 0.643. The van der Waals surface area contributed by atoms with E-state index in [1.54, 1.807) is 12.1 Å². The van der Waals surface area contributed by atoms with E-state index in [2.05, 4.69) is 33.4 Å². The first-order chi connectivity index (χ1) is 13.0. The molecule has 0 spiro atoms. The Hall–Kier alpha value is -2.66. The minimum absolute atomic E-state index is 0.189. The highest BCUT2D eigenvalue weighted by atomic mass is 79.9. The highest BCUT2D eigenvalue weighted by Crippen LogP contribution is 2.17. The molecule has 4 nitrogen and oxygen atoms in total. The molecule has 5 heteroatoms. The zero-order valence-electron chi connectivity index (χ0n) is 15.3. The topological polar surface area (TPSA) is 51.1 Å². The summed E-state index contributed by atoms with van der Waals surface area (Å²) in [5.74, 6) is -0.385. The lowest BCUT2D eigenvalue weighted by atomic mass is 10.1. The number of hydrogen-bond acceptors (Lipinski definition) is 2. The summed E-state index contributed by atoms with van der Waals surface area (Å²) in [6.45, 7) is 4.43. The highest BCUT2D eigenvalue weighted by molar-refractivity contribution is 9.10. The molecule has 1 amide bonds. The van der Waals surface area contributed by atoms with E-state index < -0.39 is 0 Å². The van der Waals surface area contributed by atoms with Crippen LogP contribution in [0.3, 0.4) is 0 Å². The molecule has 0 bridgehead atoms. The van der Waals surface area contributed by atoms with Gasteiger partial charge in [-0.25, -0.2) is 0 Å². The maximum Gasteiger partial charge on any atom is 0.261 e. The monoisotopic (exact) mass is 424 g/mol. The van der Waals surface area contributed by atoms with E-state index in [4.69, 9.17) is 0 Å². The maximum atomic E-state index is 12.8. The number of aromatic nitrogens is 1. The van der Waals surface area contributed by atoms with Gasteiger partial charge in [0.25, 0.3) is 5.91 Å². The smallest absolute Gasteiger partial charge is 0.261 e. The molecule has 0 unspecified atom stereocenters. The van der Waals surface area contributed by atoms with Crippen molar-refractivity contribution in [3.05, 3.63) is 97.9 Å². The van der Waals surface area contributed by atoms with Crippen LogP contribution >= 0.6 is 15.9 Å².